The fraction of sp³-hybridized carbons (Fsp3) is 1.00. The lowest BCUT2D eigenvalue weighted by Crippen LogP contribution is -2.44. The van der Waals surface area contributed by atoms with Gasteiger partial charge in [0.15, 0.2) is 0 Å². The average Bonchev–Trinajstić information content (AvgIpc) is 2.97. The van der Waals surface area contributed by atoms with E-state index in [0.29, 0.717) is 6.04 Å². The van der Waals surface area contributed by atoms with Crippen molar-refractivity contribution < 1.29 is 5.11 Å². The van der Waals surface area contributed by atoms with Crippen molar-refractivity contribution in [3.05, 3.63) is 0 Å². The van der Waals surface area contributed by atoms with Crippen LogP contribution in [0.15, 0.2) is 0 Å². The van der Waals surface area contributed by atoms with Crippen LogP contribution >= 0.6 is 0 Å². The molecule has 90 valence electrons. The summed E-state index contributed by atoms with van der Waals surface area (Å²) in [6.45, 7) is 3.29. The third kappa shape index (κ3) is 6.10. The summed E-state index contributed by atoms with van der Waals surface area (Å²) in [6, 6.07) is 0.911. The molecule has 0 aromatic rings. The second-order valence-electron chi connectivity index (χ2n) is 4.89. The molecule has 0 radical (unpaired) electrons. The highest BCUT2D eigenvalue weighted by molar-refractivity contribution is 4.85. The Labute approximate surface area is 93.2 Å². The van der Waals surface area contributed by atoms with Crippen LogP contribution in [-0.2, 0) is 0 Å². The van der Waals surface area contributed by atoms with Crippen LogP contribution in [0.2, 0.25) is 0 Å². The summed E-state index contributed by atoms with van der Waals surface area (Å²) in [7, 11) is 6.28. The van der Waals surface area contributed by atoms with Crippen LogP contribution in [0.1, 0.15) is 12.8 Å². The van der Waals surface area contributed by atoms with Gasteiger partial charge in [0.2, 0.25) is 0 Å². The quantitative estimate of drug-likeness (QED) is 0.577. The minimum absolute atomic E-state index is 0.239. The Morgan fingerprint density at radius 2 is 1.93 bits per heavy atom. The van der Waals surface area contributed by atoms with E-state index in [9.17, 15) is 5.11 Å². The highest BCUT2D eigenvalue weighted by atomic mass is 16.3. The molecule has 1 aliphatic carbocycles. The molecule has 4 nitrogen and oxygen atoms in total. The highest BCUT2D eigenvalue weighted by Gasteiger charge is 2.24. The van der Waals surface area contributed by atoms with Crippen LogP contribution in [0, 0.1) is 0 Å². The second kappa shape index (κ2) is 6.43. The van der Waals surface area contributed by atoms with Crippen molar-refractivity contribution >= 4 is 0 Å². The third-order valence-corrected chi connectivity index (χ3v) is 2.73. The van der Waals surface area contributed by atoms with Gasteiger partial charge in [-0.1, -0.05) is 0 Å². The van der Waals surface area contributed by atoms with Crippen molar-refractivity contribution in [2.75, 3.05) is 47.4 Å². The molecule has 1 rings (SSSR count). The van der Waals surface area contributed by atoms with Crippen molar-refractivity contribution in [1.82, 2.24) is 15.1 Å². The molecule has 0 heterocycles. The number of aliphatic hydroxyl groups is 1. The van der Waals surface area contributed by atoms with Crippen molar-refractivity contribution in [3.8, 4) is 0 Å². The Kier molecular flexibility index (Phi) is 5.53. The van der Waals surface area contributed by atoms with Crippen molar-refractivity contribution in [2.24, 2.45) is 0 Å². The Hall–Kier alpha value is -0.160. The van der Waals surface area contributed by atoms with Gasteiger partial charge in [-0.25, -0.2) is 0 Å². The van der Waals surface area contributed by atoms with Gasteiger partial charge in [-0.15, -0.1) is 0 Å². The molecule has 0 aliphatic heterocycles. The van der Waals surface area contributed by atoms with Gasteiger partial charge in [-0.05, 0) is 34.0 Å². The van der Waals surface area contributed by atoms with E-state index in [1.807, 2.05) is 0 Å². The van der Waals surface area contributed by atoms with E-state index < -0.39 is 0 Å². The molecule has 0 spiro atoms. The van der Waals surface area contributed by atoms with E-state index >= 15 is 0 Å². The summed E-state index contributed by atoms with van der Waals surface area (Å²) in [5.74, 6) is 0. The Morgan fingerprint density at radius 1 is 1.27 bits per heavy atom. The van der Waals surface area contributed by atoms with E-state index in [4.69, 9.17) is 0 Å². The fourth-order valence-corrected chi connectivity index (χ4v) is 1.58. The van der Waals surface area contributed by atoms with Gasteiger partial charge in [0.1, 0.15) is 0 Å². The van der Waals surface area contributed by atoms with Crippen LogP contribution in [0.3, 0.4) is 0 Å². The first kappa shape index (κ1) is 12.9. The molecule has 2 N–H and O–H groups in total. The van der Waals surface area contributed by atoms with Crippen LogP contribution in [0.5, 0.6) is 0 Å². The first-order valence-corrected chi connectivity index (χ1v) is 5.82. The zero-order chi connectivity index (χ0) is 11.3. The number of hydrogen-bond donors (Lipinski definition) is 2. The molecule has 0 saturated heterocycles. The molecule has 1 aliphatic rings. The maximum absolute atomic E-state index is 9.23. The van der Waals surface area contributed by atoms with Crippen LogP contribution in [-0.4, -0.2) is 74.4 Å². The normalized spacial score (nSPS) is 18.8. The Bertz CT molecular complexity index is 171. The monoisotopic (exact) mass is 215 g/mol. The molecule has 0 bridgehead atoms. The average molecular weight is 215 g/mol. The van der Waals surface area contributed by atoms with Gasteiger partial charge in [0, 0.05) is 31.7 Å². The van der Waals surface area contributed by atoms with E-state index in [1.165, 1.54) is 12.8 Å². The molecule has 0 aromatic heterocycles. The standard InChI is InChI=1S/C11H25N3O/c1-13(2)6-7-14(3)8-11(9-15)12-10-4-5-10/h10-12,15H,4-9H2,1-3H3. The van der Waals surface area contributed by atoms with Gasteiger partial charge in [-0.2, -0.15) is 0 Å². The van der Waals surface area contributed by atoms with E-state index in [0.717, 1.165) is 19.6 Å². The van der Waals surface area contributed by atoms with E-state index in [1.54, 1.807) is 0 Å². The fourth-order valence-electron chi connectivity index (χ4n) is 1.58. The van der Waals surface area contributed by atoms with Crippen molar-refractivity contribution in [3.63, 3.8) is 0 Å². The molecule has 1 atom stereocenters. The topological polar surface area (TPSA) is 38.7 Å². The molecule has 0 amide bonds. The molecular weight excluding hydrogens is 190 g/mol. The highest BCUT2D eigenvalue weighted by Crippen LogP contribution is 2.19. The number of aliphatic hydroxyl groups excluding tert-OH is 1. The van der Waals surface area contributed by atoms with Gasteiger partial charge in [-0.3, -0.25) is 0 Å². The maximum Gasteiger partial charge on any atom is 0.0597 e. The molecule has 15 heavy (non-hydrogen) atoms. The maximum atomic E-state index is 9.23. The van der Waals surface area contributed by atoms with Crippen LogP contribution in [0.25, 0.3) is 0 Å². The number of rotatable bonds is 8. The lowest BCUT2D eigenvalue weighted by Gasteiger charge is -2.24. The number of nitrogens with one attached hydrogen (secondary N) is 1. The molecule has 1 saturated carbocycles. The predicted octanol–water partition coefficient (Wildman–Crippen LogP) is -0.407. The summed E-state index contributed by atoms with van der Waals surface area (Å²) in [5.41, 5.74) is 0. The zero-order valence-electron chi connectivity index (χ0n) is 10.2. The van der Waals surface area contributed by atoms with Gasteiger partial charge < -0.3 is 20.2 Å². The summed E-state index contributed by atoms with van der Waals surface area (Å²) in [4.78, 5) is 4.45. The van der Waals surface area contributed by atoms with E-state index in [2.05, 4.69) is 36.3 Å². The van der Waals surface area contributed by atoms with Gasteiger partial charge in [0.05, 0.1) is 6.61 Å². The largest absolute Gasteiger partial charge is 0.395 e. The third-order valence-electron chi connectivity index (χ3n) is 2.73. The number of likely N-dealkylation sites (N-methyl/N-ethyl adjacent to an activating group) is 2. The lowest BCUT2D eigenvalue weighted by atomic mass is 10.3. The number of nitrogens with zero attached hydrogens (tertiary/aromatic N) is 2. The summed E-state index contributed by atoms with van der Waals surface area (Å²) < 4.78 is 0. The summed E-state index contributed by atoms with van der Waals surface area (Å²) in [6.07, 6.45) is 2.55. The smallest absolute Gasteiger partial charge is 0.0597 e. The van der Waals surface area contributed by atoms with Crippen LogP contribution in [0.4, 0.5) is 0 Å². The SMILES string of the molecule is CN(C)CCN(C)CC(CO)NC1CC1. The van der Waals surface area contributed by atoms with E-state index in [-0.39, 0.29) is 12.6 Å². The first-order valence-electron chi connectivity index (χ1n) is 5.82. The van der Waals surface area contributed by atoms with Crippen molar-refractivity contribution in [2.45, 2.75) is 24.9 Å². The minimum atomic E-state index is 0.239. The Morgan fingerprint density at radius 3 is 2.40 bits per heavy atom. The van der Waals surface area contributed by atoms with Gasteiger partial charge in [0.25, 0.3) is 0 Å². The van der Waals surface area contributed by atoms with Crippen LogP contribution < -0.4 is 5.32 Å². The zero-order valence-corrected chi connectivity index (χ0v) is 10.2. The lowest BCUT2D eigenvalue weighted by molar-refractivity contribution is 0.190. The van der Waals surface area contributed by atoms with Crippen molar-refractivity contribution in [1.29, 1.82) is 0 Å². The van der Waals surface area contributed by atoms with Gasteiger partial charge >= 0.3 is 0 Å². The molecule has 4 heteroatoms. The molecule has 1 fully saturated rings. The number of hydrogen-bond acceptors (Lipinski definition) is 4. The second-order valence-corrected chi connectivity index (χ2v) is 4.89. The summed E-state index contributed by atoms with van der Waals surface area (Å²) in [5, 5.41) is 12.7. The Balaban J connectivity index is 2.11. The first-order chi connectivity index (χ1) is 7.11. The minimum Gasteiger partial charge on any atom is -0.395 e. The molecule has 0 aromatic carbocycles. The predicted molar refractivity (Wildman–Crippen MR) is 63.1 cm³/mol. The molecule has 1 unspecified atom stereocenters. The summed E-state index contributed by atoms with van der Waals surface area (Å²) >= 11 is 0. The molecular formula is C11H25N3O.